The lowest BCUT2D eigenvalue weighted by atomic mass is 9.92. The van der Waals surface area contributed by atoms with Crippen molar-refractivity contribution in [2.45, 2.75) is 57.3 Å². The summed E-state index contributed by atoms with van der Waals surface area (Å²) in [6.07, 6.45) is 2.89. The minimum atomic E-state index is -4.27. The van der Waals surface area contributed by atoms with Crippen LogP contribution in [0.25, 0.3) is 27.6 Å². The van der Waals surface area contributed by atoms with Gasteiger partial charge in [0, 0.05) is 29.8 Å². The average Bonchev–Trinajstić information content (AvgIpc) is 3.57. The monoisotopic (exact) mass is 728 g/mol. The average molecular weight is 729 g/mol. The summed E-state index contributed by atoms with van der Waals surface area (Å²) in [5, 5.41) is 26.9. The zero-order valence-electron chi connectivity index (χ0n) is 29.3. The van der Waals surface area contributed by atoms with E-state index in [0.29, 0.717) is 59.4 Å². The molecule has 0 spiro atoms. The van der Waals surface area contributed by atoms with Gasteiger partial charge in [0.05, 0.1) is 35.2 Å². The number of hydrogen-bond donors (Lipinski definition) is 3. The topological polar surface area (TPSA) is 142 Å². The summed E-state index contributed by atoms with van der Waals surface area (Å²) in [7, 11) is -4.27. The van der Waals surface area contributed by atoms with Crippen molar-refractivity contribution in [1.29, 1.82) is 0 Å². The zero-order valence-corrected chi connectivity index (χ0v) is 30.1. The SMILES string of the molecule is CCCCc1c(-c2ccc(C(=O)NS(=O)(=O)c3ccc4ccccc4c3)cc2C(=O)N2CCc3ccccc3C2)c(CO)nn1-c1cccc(CO)c1. The molecular weight excluding hydrogens is 689 g/mol. The number of carbonyl (C=O) groups is 2. The standard InChI is InChI=1S/C42H40N4O6S/c1-2-3-15-39-40(38(27-48)43-46(39)34-14-8-9-28(22-34)26-47)36-19-17-32(24-37(36)42(50)45-21-20-30-11-5-7-13-33(30)25-45)41(49)44-53(51,52)35-18-16-29-10-4-6-12-31(29)23-35/h4-14,16-19,22-24,47-48H,2-3,15,20-21,25-27H2,1H3,(H,44,49). The van der Waals surface area contributed by atoms with Crippen molar-refractivity contribution in [1.82, 2.24) is 19.4 Å². The number of aliphatic hydroxyl groups is 2. The molecule has 1 aliphatic rings. The lowest BCUT2D eigenvalue weighted by Crippen LogP contribution is -2.36. The third-order valence-corrected chi connectivity index (χ3v) is 11.1. The Hall–Kier alpha value is -5.62. The number of aliphatic hydroxyl groups excluding tert-OH is 2. The molecule has 1 aliphatic heterocycles. The molecule has 2 heterocycles. The summed E-state index contributed by atoms with van der Waals surface area (Å²) >= 11 is 0. The Balaban J connectivity index is 1.34. The van der Waals surface area contributed by atoms with Crippen LogP contribution >= 0.6 is 0 Å². The third-order valence-electron chi connectivity index (χ3n) is 9.77. The number of rotatable bonds is 11. The van der Waals surface area contributed by atoms with E-state index in [9.17, 15) is 28.2 Å². The molecule has 11 heteroatoms. The molecule has 3 N–H and O–H groups in total. The molecule has 5 aromatic carbocycles. The Labute approximate surface area is 308 Å². The second-order valence-corrected chi connectivity index (χ2v) is 14.9. The van der Waals surface area contributed by atoms with Crippen LogP contribution < -0.4 is 4.72 Å². The van der Waals surface area contributed by atoms with Gasteiger partial charge in [-0.1, -0.05) is 86.1 Å². The predicted molar refractivity (Wildman–Crippen MR) is 203 cm³/mol. The van der Waals surface area contributed by atoms with E-state index in [1.165, 1.54) is 29.8 Å². The molecule has 1 aromatic heterocycles. The molecule has 0 bridgehead atoms. The summed E-state index contributed by atoms with van der Waals surface area (Å²) < 4.78 is 30.9. The lowest BCUT2D eigenvalue weighted by molar-refractivity contribution is 0.0735. The van der Waals surface area contributed by atoms with E-state index in [-0.39, 0.29) is 28.5 Å². The first kappa shape index (κ1) is 35.8. The molecule has 7 rings (SSSR count). The van der Waals surface area contributed by atoms with Crippen LogP contribution in [0.15, 0.2) is 114 Å². The molecular formula is C42H40N4O6S. The molecule has 10 nitrogen and oxygen atoms in total. The predicted octanol–water partition coefficient (Wildman–Crippen LogP) is 6.34. The Morgan fingerprint density at radius 2 is 1.60 bits per heavy atom. The second kappa shape index (κ2) is 15.2. The highest BCUT2D eigenvalue weighted by atomic mass is 32.2. The zero-order chi connectivity index (χ0) is 37.1. The number of sulfonamides is 1. The van der Waals surface area contributed by atoms with Gasteiger partial charge in [-0.3, -0.25) is 9.59 Å². The number of carbonyl (C=O) groups excluding carboxylic acids is 2. The third kappa shape index (κ3) is 7.23. The number of fused-ring (bicyclic) bond motifs is 2. The highest BCUT2D eigenvalue weighted by Gasteiger charge is 2.29. The molecule has 0 fully saturated rings. The van der Waals surface area contributed by atoms with E-state index < -0.39 is 22.5 Å². The van der Waals surface area contributed by atoms with Crippen molar-refractivity contribution in [3.63, 3.8) is 0 Å². The minimum absolute atomic E-state index is 0.0115. The van der Waals surface area contributed by atoms with Crippen LogP contribution in [-0.2, 0) is 42.6 Å². The van der Waals surface area contributed by atoms with E-state index in [2.05, 4.69) is 17.7 Å². The largest absolute Gasteiger partial charge is 0.392 e. The highest BCUT2D eigenvalue weighted by Crippen LogP contribution is 2.36. The maximum absolute atomic E-state index is 14.7. The van der Waals surface area contributed by atoms with Crippen molar-refractivity contribution in [3.05, 3.63) is 148 Å². The molecule has 2 amide bonds. The maximum atomic E-state index is 14.7. The Kier molecular flexibility index (Phi) is 10.2. The van der Waals surface area contributed by atoms with Gasteiger partial charge in [0.1, 0.15) is 0 Å². The molecule has 0 unspecified atom stereocenters. The molecule has 0 saturated heterocycles. The van der Waals surface area contributed by atoms with Gasteiger partial charge in [-0.15, -0.1) is 0 Å². The van der Waals surface area contributed by atoms with Crippen LogP contribution in [-0.4, -0.2) is 51.7 Å². The molecule has 0 radical (unpaired) electrons. The summed E-state index contributed by atoms with van der Waals surface area (Å²) in [6.45, 7) is 2.31. The molecule has 0 atom stereocenters. The number of benzene rings is 5. The normalized spacial score (nSPS) is 12.8. The van der Waals surface area contributed by atoms with E-state index in [4.69, 9.17) is 5.10 Å². The van der Waals surface area contributed by atoms with Crippen molar-refractivity contribution >= 4 is 32.6 Å². The quantitative estimate of drug-likeness (QED) is 0.142. The van der Waals surface area contributed by atoms with Gasteiger partial charge in [0.25, 0.3) is 21.8 Å². The highest BCUT2D eigenvalue weighted by molar-refractivity contribution is 7.90. The fraction of sp³-hybridized carbons (Fsp3) is 0.214. The molecule has 270 valence electrons. The van der Waals surface area contributed by atoms with E-state index in [1.807, 2.05) is 60.7 Å². The summed E-state index contributed by atoms with van der Waals surface area (Å²) in [4.78, 5) is 30.1. The van der Waals surface area contributed by atoms with Crippen LogP contribution in [0.1, 0.15) is 68.6 Å². The van der Waals surface area contributed by atoms with Gasteiger partial charge in [-0.25, -0.2) is 17.8 Å². The molecule has 53 heavy (non-hydrogen) atoms. The van der Waals surface area contributed by atoms with Crippen molar-refractivity contribution in [2.24, 2.45) is 0 Å². The number of aromatic nitrogens is 2. The Morgan fingerprint density at radius 3 is 2.38 bits per heavy atom. The van der Waals surface area contributed by atoms with E-state index in [0.717, 1.165) is 29.5 Å². The first-order valence-corrected chi connectivity index (χ1v) is 19.2. The van der Waals surface area contributed by atoms with Gasteiger partial charge in [-0.2, -0.15) is 5.10 Å². The molecule has 6 aromatic rings. The number of nitrogens with one attached hydrogen (secondary N) is 1. The summed E-state index contributed by atoms with van der Waals surface area (Å²) in [5.74, 6) is -1.21. The summed E-state index contributed by atoms with van der Waals surface area (Å²) in [6, 6.07) is 31.9. The van der Waals surface area contributed by atoms with E-state index >= 15 is 0 Å². The van der Waals surface area contributed by atoms with Crippen molar-refractivity contribution in [3.8, 4) is 16.8 Å². The first-order chi connectivity index (χ1) is 25.7. The van der Waals surface area contributed by atoms with Gasteiger partial charge >= 0.3 is 0 Å². The molecule has 0 saturated carbocycles. The van der Waals surface area contributed by atoms with Crippen LogP contribution in [0.2, 0.25) is 0 Å². The van der Waals surface area contributed by atoms with Gasteiger partial charge in [0.15, 0.2) is 0 Å². The Morgan fingerprint density at radius 1 is 0.830 bits per heavy atom. The number of hydrogen-bond acceptors (Lipinski definition) is 7. The van der Waals surface area contributed by atoms with Crippen LogP contribution in [0.5, 0.6) is 0 Å². The van der Waals surface area contributed by atoms with Gasteiger partial charge in [0.2, 0.25) is 0 Å². The van der Waals surface area contributed by atoms with Crippen LogP contribution in [0.3, 0.4) is 0 Å². The van der Waals surface area contributed by atoms with Gasteiger partial charge in [-0.05, 0) is 88.7 Å². The summed E-state index contributed by atoms with van der Waals surface area (Å²) in [5.41, 5.74) is 5.92. The number of amides is 2. The maximum Gasteiger partial charge on any atom is 0.265 e. The number of nitrogens with zero attached hydrogens (tertiary/aromatic N) is 3. The van der Waals surface area contributed by atoms with Crippen molar-refractivity contribution in [2.75, 3.05) is 6.54 Å². The lowest BCUT2D eigenvalue weighted by Gasteiger charge is -2.30. The molecule has 0 aliphatic carbocycles. The Bertz CT molecular complexity index is 2460. The smallest absolute Gasteiger partial charge is 0.265 e. The minimum Gasteiger partial charge on any atom is -0.392 e. The fourth-order valence-electron chi connectivity index (χ4n) is 6.99. The van der Waals surface area contributed by atoms with Crippen molar-refractivity contribution < 1.29 is 28.2 Å². The second-order valence-electron chi connectivity index (χ2n) is 13.2. The first-order valence-electron chi connectivity index (χ1n) is 17.7. The number of unbranched alkanes of at least 4 members (excludes halogenated alkanes) is 1. The van der Waals surface area contributed by atoms with Crippen LogP contribution in [0.4, 0.5) is 0 Å². The van der Waals surface area contributed by atoms with Crippen LogP contribution in [0, 0.1) is 0 Å². The van der Waals surface area contributed by atoms with Gasteiger partial charge < -0.3 is 15.1 Å². The fourth-order valence-corrected chi connectivity index (χ4v) is 8.00. The van der Waals surface area contributed by atoms with E-state index in [1.54, 1.807) is 27.8 Å².